The molecule has 0 radical (unpaired) electrons. The van der Waals surface area contributed by atoms with Crippen molar-refractivity contribution in [1.29, 1.82) is 0 Å². The highest BCUT2D eigenvalue weighted by atomic mass is 16.5. The summed E-state index contributed by atoms with van der Waals surface area (Å²) in [5.41, 5.74) is 0. The maximum Gasteiger partial charge on any atom is 0.317 e. The van der Waals surface area contributed by atoms with Crippen LogP contribution in [-0.2, 0) is 4.74 Å². The van der Waals surface area contributed by atoms with Gasteiger partial charge in [-0.3, -0.25) is 0 Å². The van der Waals surface area contributed by atoms with Crippen molar-refractivity contribution in [3.05, 3.63) is 0 Å². The minimum absolute atomic E-state index is 0.0902. The molecule has 0 aromatic rings. The Balaban J connectivity index is 1.66. The van der Waals surface area contributed by atoms with Crippen LogP contribution in [0.25, 0.3) is 0 Å². The van der Waals surface area contributed by atoms with Crippen LogP contribution in [0.15, 0.2) is 0 Å². The van der Waals surface area contributed by atoms with Gasteiger partial charge in [0.1, 0.15) is 0 Å². The number of nitrogens with one attached hydrogen (secondary N) is 2. The second-order valence-corrected chi connectivity index (χ2v) is 5.25. The summed E-state index contributed by atoms with van der Waals surface area (Å²) in [6.07, 6.45) is 3.17. The second kappa shape index (κ2) is 6.95. The van der Waals surface area contributed by atoms with Gasteiger partial charge in [0, 0.05) is 19.7 Å². The third kappa shape index (κ3) is 3.85. The topological polar surface area (TPSA) is 53.6 Å². The summed E-state index contributed by atoms with van der Waals surface area (Å²) < 4.78 is 5.27. The summed E-state index contributed by atoms with van der Waals surface area (Å²) in [5.74, 6) is 0.726. The molecule has 104 valence electrons. The first-order valence-corrected chi connectivity index (χ1v) is 7.13. The molecule has 2 aliphatic heterocycles. The minimum atomic E-state index is 0.0902. The van der Waals surface area contributed by atoms with Crippen molar-refractivity contribution in [2.45, 2.75) is 32.2 Å². The van der Waals surface area contributed by atoms with Crippen LogP contribution in [-0.4, -0.2) is 56.4 Å². The molecule has 0 aliphatic carbocycles. The fourth-order valence-electron chi connectivity index (χ4n) is 2.60. The number of piperidine rings is 1. The summed E-state index contributed by atoms with van der Waals surface area (Å²) in [6.45, 7) is 7.46. The Labute approximate surface area is 109 Å². The van der Waals surface area contributed by atoms with Crippen molar-refractivity contribution < 1.29 is 9.53 Å². The van der Waals surface area contributed by atoms with Gasteiger partial charge < -0.3 is 20.3 Å². The van der Waals surface area contributed by atoms with E-state index in [2.05, 4.69) is 17.6 Å². The number of likely N-dealkylation sites (tertiary alicyclic amines) is 1. The number of hydrogen-bond donors (Lipinski definition) is 2. The first-order valence-electron chi connectivity index (χ1n) is 7.13. The summed E-state index contributed by atoms with van der Waals surface area (Å²) in [4.78, 5) is 14.0. The zero-order valence-electron chi connectivity index (χ0n) is 11.3. The molecule has 2 rings (SSSR count). The van der Waals surface area contributed by atoms with Crippen LogP contribution in [0, 0.1) is 5.92 Å². The Morgan fingerprint density at radius 2 is 2.11 bits per heavy atom. The Hall–Kier alpha value is -0.810. The van der Waals surface area contributed by atoms with E-state index in [4.69, 9.17) is 4.74 Å². The van der Waals surface area contributed by atoms with Gasteiger partial charge in [-0.25, -0.2) is 4.79 Å². The zero-order chi connectivity index (χ0) is 12.8. The molecule has 0 aromatic heterocycles. The fourth-order valence-corrected chi connectivity index (χ4v) is 2.60. The standard InChI is InChI=1S/C13H25N3O2/c1-2-14-9-11-3-6-16(7-4-11)13(17)15-12-5-8-18-10-12/h11-12,14H,2-10H2,1H3,(H,15,17). The van der Waals surface area contributed by atoms with Crippen molar-refractivity contribution in [2.75, 3.05) is 39.4 Å². The molecule has 0 aromatic carbocycles. The molecule has 0 bridgehead atoms. The number of rotatable bonds is 4. The van der Waals surface area contributed by atoms with E-state index in [1.165, 1.54) is 0 Å². The second-order valence-electron chi connectivity index (χ2n) is 5.25. The predicted molar refractivity (Wildman–Crippen MR) is 70.6 cm³/mol. The predicted octanol–water partition coefficient (Wildman–Crippen LogP) is 0.806. The lowest BCUT2D eigenvalue weighted by Crippen LogP contribution is -2.48. The highest BCUT2D eigenvalue weighted by Gasteiger charge is 2.25. The molecule has 2 saturated heterocycles. The maximum absolute atomic E-state index is 12.0. The van der Waals surface area contributed by atoms with E-state index < -0.39 is 0 Å². The van der Waals surface area contributed by atoms with Gasteiger partial charge in [-0.1, -0.05) is 6.92 Å². The smallest absolute Gasteiger partial charge is 0.317 e. The Morgan fingerprint density at radius 3 is 2.72 bits per heavy atom. The lowest BCUT2D eigenvalue weighted by atomic mass is 9.97. The van der Waals surface area contributed by atoms with E-state index in [1.807, 2.05) is 4.90 Å². The largest absolute Gasteiger partial charge is 0.379 e. The molecule has 2 aliphatic rings. The molecule has 1 unspecified atom stereocenters. The van der Waals surface area contributed by atoms with Crippen molar-refractivity contribution in [3.8, 4) is 0 Å². The molecule has 2 amide bonds. The molecule has 2 fully saturated rings. The molecule has 5 nitrogen and oxygen atoms in total. The quantitative estimate of drug-likeness (QED) is 0.781. The lowest BCUT2D eigenvalue weighted by molar-refractivity contribution is 0.160. The fraction of sp³-hybridized carbons (Fsp3) is 0.923. The monoisotopic (exact) mass is 255 g/mol. The maximum atomic E-state index is 12.0. The summed E-state index contributed by atoms with van der Waals surface area (Å²) in [6, 6.07) is 0.310. The SMILES string of the molecule is CCNCC1CCN(C(=O)NC2CCOC2)CC1. The summed E-state index contributed by atoms with van der Waals surface area (Å²) in [5, 5.41) is 6.44. The normalized spacial score (nSPS) is 25.4. The van der Waals surface area contributed by atoms with Gasteiger partial charge in [0.2, 0.25) is 0 Å². The highest BCUT2D eigenvalue weighted by molar-refractivity contribution is 5.74. The number of hydrogen-bond acceptors (Lipinski definition) is 3. The van der Waals surface area contributed by atoms with E-state index in [-0.39, 0.29) is 12.1 Å². The van der Waals surface area contributed by atoms with Crippen LogP contribution in [0.5, 0.6) is 0 Å². The molecule has 2 N–H and O–H groups in total. The average molecular weight is 255 g/mol. The molecule has 0 spiro atoms. The zero-order valence-corrected chi connectivity index (χ0v) is 11.3. The number of amides is 2. The molecular formula is C13H25N3O2. The molecular weight excluding hydrogens is 230 g/mol. The Kier molecular flexibility index (Phi) is 5.26. The van der Waals surface area contributed by atoms with Gasteiger partial charge in [0.25, 0.3) is 0 Å². The van der Waals surface area contributed by atoms with Gasteiger partial charge in [-0.05, 0) is 38.3 Å². The lowest BCUT2D eigenvalue weighted by Gasteiger charge is -2.32. The number of nitrogens with zero attached hydrogens (tertiary/aromatic N) is 1. The van der Waals surface area contributed by atoms with E-state index in [1.54, 1.807) is 0 Å². The minimum Gasteiger partial charge on any atom is -0.379 e. The summed E-state index contributed by atoms with van der Waals surface area (Å²) >= 11 is 0. The number of carbonyl (C=O) groups is 1. The molecule has 2 heterocycles. The first kappa shape index (κ1) is 13.6. The number of ether oxygens (including phenoxy) is 1. The van der Waals surface area contributed by atoms with Gasteiger partial charge in [-0.2, -0.15) is 0 Å². The van der Waals surface area contributed by atoms with Crippen molar-refractivity contribution in [1.82, 2.24) is 15.5 Å². The Morgan fingerprint density at radius 1 is 1.33 bits per heavy atom. The van der Waals surface area contributed by atoms with Crippen LogP contribution in [0.2, 0.25) is 0 Å². The van der Waals surface area contributed by atoms with E-state index in [0.717, 1.165) is 58.0 Å². The molecule has 1 atom stereocenters. The van der Waals surface area contributed by atoms with Gasteiger partial charge in [0.15, 0.2) is 0 Å². The van der Waals surface area contributed by atoms with Crippen LogP contribution in [0.4, 0.5) is 4.79 Å². The van der Waals surface area contributed by atoms with Gasteiger partial charge in [-0.15, -0.1) is 0 Å². The first-order chi connectivity index (χ1) is 8.79. The number of carbonyl (C=O) groups excluding carboxylic acids is 1. The van der Waals surface area contributed by atoms with Crippen LogP contribution in [0.1, 0.15) is 26.2 Å². The third-order valence-electron chi connectivity index (χ3n) is 3.84. The van der Waals surface area contributed by atoms with Crippen LogP contribution < -0.4 is 10.6 Å². The van der Waals surface area contributed by atoms with Crippen molar-refractivity contribution in [2.24, 2.45) is 5.92 Å². The molecule has 0 saturated carbocycles. The molecule has 18 heavy (non-hydrogen) atoms. The van der Waals surface area contributed by atoms with Crippen molar-refractivity contribution >= 4 is 6.03 Å². The van der Waals surface area contributed by atoms with E-state index in [9.17, 15) is 4.79 Å². The van der Waals surface area contributed by atoms with Crippen molar-refractivity contribution in [3.63, 3.8) is 0 Å². The van der Waals surface area contributed by atoms with E-state index in [0.29, 0.717) is 6.61 Å². The van der Waals surface area contributed by atoms with Crippen LogP contribution in [0.3, 0.4) is 0 Å². The third-order valence-corrected chi connectivity index (χ3v) is 3.84. The number of urea groups is 1. The Bertz CT molecular complexity index is 259. The highest BCUT2D eigenvalue weighted by Crippen LogP contribution is 2.16. The average Bonchev–Trinajstić information content (AvgIpc) is 2.89. The molecule has 5 heteroatoms. The van der Waals surface area contributed by atoms with Crippen LogP contribution >= 0.6 is 0 Å². The van der Waals surface area contributed by atoms with Gasteiger partial charge >= 0.3 is 6.03 Å². The van der Waals surface area contributed by atoms with E-state index >= 15 is 0 Å². The van der Waals surface area contributed by atoms with Gasteiger partial charge in [0.05, 0.1) is 12.6 Å². The summed E-state index contributed by atoms with van der Waals surface area (Å²) in [7, 11) is 0.